The van der Waals surface area contributed by atoms with Gasteiger partial charge in [-0.15, -0.1) is 0 Å². The molecule has 3 heteroatoms. The summed E-state index contributed by atoms with van der Waals surface area (Å²) in [6.07, 6.45) is 10.8. The SMILES string of the molecule is CC(C)CCN1CCCC1CCCCN1CCC(N)CC1. The van der Waals surface area contributed by atoms with Crippen LogP contribution in [0.25, 0.3) is 0 Å². The molecule has 1 unspecified atom stereocenters. The van der Waals surface area contributed by atoms with Crippen molar-refractivity contribution in [3.63, 3.8) is 0 Å². The zero-order chi connectivity index (χ0) is 15.1. The Morgan fingerprint density at radius 3 is 2.48 bits per heavy atom. The van der Waals surface area contributed by atoms with Crippen LogP contribution in [-0.4, -0.2) is 54.6 Å². The highest BCUT2D eigenvalue weighted by molar-refractivity contribution is 4.80. The van der Waals surface area contributed by atoms with Crippen LogP contribution in [-0.2, 0) is 0 Å². The fourth-order valence-corrected chi connectivity index (χ4v) is 3.83. The molecule has 2 fully saturated rings. The minimum atomic E-state index is 0.467. The Hall–Kier alpha value is -0.120. The highest BCUT2D eigenvalue weighted by atomic mass is 15.2. The van der Waals surface area contributed by atoms with Crippen molar-refractivity contribution in [3.05, 3.63) is 0 Å². The van der Waals surface area contributed by atoms with Gasteiger partial charge in [0.05, 0.1) is 0 Å². The van der Waals surface area contributed by atoms with E-state index in [0.717, 1.165) is 12.0 Å². The molecule has 0 aliphatic carbocycles. The summed E-state index contributed by atoms with van der Waals surface area (Å²) in [5.74, 6) is 0.844. The molecule has 2 N–H and O–H groups in total. The largest absolute Gasteiger partial charge is 0.328 e. The molecule has 21 heavy (non-hydrogen) atoms. The van der Waals surface area contributed by atoms with Gasteiger partial charge in [-0.2, -0.15) is 0 Å². The molecule has 1 atom stereocenters. The van der Waals surface area contributed by atoms with Crippen molar-refractivity contribution in [3.8, 4) is 0 Å². The molecule has 124 valence electrons. The van der Waals surface area contributed by atoms with E-state index >= 15 is 0 Å². The zero-order valence-electron chi connectivity index (χ0n) is 14.4. The van der Waals surface area contributed by atoms with Crippen LogP contribution in [0, 0.1) is 5.92 Å². The zero-order valence-corrected chi connectivity index (χ0v) is 14.4. The summed E-state index contributed by atoms with van der Waals surface area (Å²) in [6.45, 7) is 11.1. The smallest absolute Gasteiger partial charge is 0.00957 e. The van der Waals surface area contributed by atoms with Gasteiger partial charge < -0.3 is 15.5 Å². The third-order valence-corrected chi connectivity index (χ3v) is 5.39. The number of likely N-dealkylation sites (tertiary alicyclic amines) is 2. The van der Waals surface area contributed by atoms with Crippen LogP contribution >= 0.6 is 0 Å². The molecule has 2 aliphatic rings. The molecule has 0 bridgehead atoms. The first kappa shape index (κ1) is 17.2. The number of hydrogen-bond donors (Lipinski definition) is 1. The van der Waals surface area contributed by atoms with Crippen molar-refractivity contribution in [2.24, 2.45) is 11.7 Å². The fourth-order valence-electron chi connectivity index (χ4n) is 3.83. The van der Waals surface area contributed by atoms with E-state index in [-0.39, 0.29) is 0 Å². The molecular weight excluding hydrogens is 258 g/mol. The van der Waals surface area contributed by atoms with Crippen LogP contribution in [0.3, 0.4) is 0 Å². The molecule has 0 spiro atoms. The van der Waals surface area contributed by atoms with Crippen LogP contribution in [0.5, 0.6) is 0 Å². The molecule has 0 amide bonds. The molecule has 2 heterocycles. The molecule has 2 aliphatic heterocycles. The fraction of sp³-hybridized carbons (Fsp3) is 1.00. The van der Waals surface area contributed by atoms with E-state index in [1.807, 2.05) is 0 Å². The maximum atomic E-state index is 5.97. The molecule has 0 radical (unpaired) electrons. The first-order valence-electron chi connectivity index (χ1n) is 9.37. The molecule has 3 nitrogen and oxygen atoms in total. The normalized spacial score (nSPS) is 26.0. The quantitative estimate of drug-likeness (QED) is 0.699. The maximum Gasteiger partial charge on any atom is 0.00957 e. The van der Waals surface area contributed by atoms with Gasteiger partial charge in [-0.1, -0.05) is 20.3 Å². The number of rotatable bonds is 8. The Bertz CT molecular complexity index is 272. The minimum Gasteiger partial charge on any atom is -0.328 e. The number of nitrogens with two attached hydrogens (primary N) is 1. The van der Waals surface area contributed by atoms with Gasteiger partial charge >= 0.3 is 0 Å². The summed E-state index contributed by atoms with van der Waals surface area (Å²) in [5, 5.41) is 0. The van der Waals surface area contributed by atoms with E-state index in [2.05, 4.69) is 23.6 Å². The van der Waals surface area contributed by atoms with Crippen molar-refractivity contribution in [1.82, 2.24) is 9.80 Å². The number of unbranched alkanes of at least 4 members (excludes halogenated alkanes) is 1. The van der Waals surface area contributed by atoms with Gasteiger partial charge in [-0.25, -0.2) is 0 Å². The van der Waals surface area contributed by atoms with Crippen molar-refractivity contribution in [2.75, 3.05) is 32.7 Å². The van der Waals surface area contributed by atoms with Crippen LogP contribution in [0.2, 0.25) is 0 Å². The van der Waals surface area contributed by atoms with Crippen molar-refractivity contribution in [1.29, 1.82) is 0 Å². The summed E-state index contributed by atoms with van der Waals surface area (Å²) in [5.41, 5.74) is 5.97. The monoisotopic (exact) mass is 295 g/mol. The van der Waals surface area contributed by atoms with E-state index < -0.39 is 0 Å². The van der Waals surface area contributed by atoms with Crippen LogP contribution in [0.1, 0.15) is 65.2 Å². The third-order valence-electron chi connectivity index (χ3n) is 5.39. The van der Waals surface area contributed by atoms with Gasteiger partial charge in [0.25, 0.3) is 0 Å². The lowest BCUT2D eigenvalue weighted by Gasteiger charge is -2.30. The number of nitrogens with zero attached hydrogens (tertiary/aromatic N) is 2. The van der Waals surface area contributed by atoms with Crippen molar-refractivity contribution >= 4 is 0 Å². The first-order chi connectivity index (χ1) is 10.1. The van der Waals surface area contributed by atoms with E-state index in [0.29, 0.717) is 6.04 Å². The third kappa shape index (κ3) is 6.25. The Morgan fingerprint density at radius 2 is 1.76 bits per heavy atom. The van der Waals surface area contributed by atoms with E-state index in [1.54, 1.807) is 0 Å². The topological polar surface area (TPSA) is 32.5 Å². The first-order valence-corrected chi connectivity index (χ1v) is 9.37. The number of piperidine rings is 1. The van der Waals surface area contributed by atoms with Gasteiger partial charge in [-0.05, 0) is 83.6 Å². The average Bonchev–Trinajstić information content (AvgIpc) is 2.91. The highest BCUT2D eigenvalue weighted by Gasteiger charge is 2.23. The maximum absolute atomic E-state index is 5.97. The van der Waals surface area contributed by atoms with Gasteiger partial charge in [-0.3, -0.25) is 0 Å². The van der Waals surface area contributed by atoms with Crippen LogP contribution in [0.4, 0.5) is 0 Å². The lowest BCUT2D eigenvalue weighted by atomic mass is 10.0. The Kier molecular flexibility index (Phi) is 7.48. The lowest BCUT2D eigenvalue weighted by Crippen LogP contribution is -2.40. The summed E-state index contributed by atoms with van der Waals surface area (Å²) < 4.78 is 0. The molecule has 0 aromatic rings. The highest BCUT2D eigenvalue weighted by Crippen LogP contribution is 2.23. The Balaban J connectivity index is 1.55. The Labute approximate surface area is 132 Å². The van der Waals surface area contributed by atoms with Gasteiger partial charge in [0.15, 0.2) is 0 Å². The average molecular weight is 296 g/mol. The molecular formula is C18H37N3. The predicted molar refractivity (Wildman–Crippen MR) is 91.6 cm³/mol. The summed E-state index contributed by atoms with van der Waals surface area (Å²) in [7, 11) is 0. The van der Waals surface area contributed by atoms with E-state index in [1.165, 1.54) is 84.1 Å². The standard InChI is InChI=1S/C18H37N3/c1-16(2)8-15-21-12-5-7-18(21)6-3-4-11-20-13-9-17(19)10-14-20/h16-18H,3-15,19H2,1-2H3. The molecule has 2 rings (SSSR count). The predicted octanol–water partition coefficient (Wildman–Crippen LogP) is 3.09. The van der Waals surface area contributed by atoms with E-state index in [4.69, 9.17) is 5.73 Å². The minimum absolute atomic E-state index is 0.467. The summed E-state index contributed by atoms with van der Waals surface area (Å²) >= 11 is 0. The van der Waals surface area contributed by atoms with Crippen molar-refractivity contribution in [2.45, 2.75) is 77.3 Å². The van der Waals surface area contributed by atoms with Gasteiger partial charge in [0.2, 0.25) is 0 Å². The molecule has 0 aromatic heterocycles. The van der Waals surface area contributed by atoms with Crippen LogP contribution < -0.4 is 5.73 Å². The molecule has 0 saturated carbocycles. The summed E-state index contributed by atoms with van der Waals surface area (Å²) in [6, 6.07) is 1.35. The second-order valence-corrected chi connectivity index (χ2v) is 7.69. The van der Waals surface area contributed by atoms with Gasteiger partial charge in [0.1, 0.15) is 0 Å². The number of hydrogen-bond acceptors (Lipinski definition) is 3. The van der Waals surface area contributed by atoms with Gasteiger partial charge in [0, 0.05) is 12.1 Å². The van der Waals surface area contributed by atoms with Crippen LogP contribution in [0.15, 0.2) is 0 Å². The summed E-state index contributed by atoms with van der Waals surface area (Å²) in [4.78, 5) is 5.38. The second kappa shape index (κ2) is 9.12. The lowest BCUT2D eigenvalue weighted by molar-refractivity contribution is 0.199. The Morgan fingerprint density at radius 1 is 1.00 bits per heavy atom. The molecule has 0 aromatic carbocycles. The second-order valence-electron chi connectivity index (χ2n) is 7.69. The van der Waals surface area contributed by atoms with E-state index in [9.17, 15) is 0 Å². The molecule has 2 saturated heterocycles. The van der Waals surface area contributed by atoms with Crippen molar-refractivity contribution < 1.29 is 0 Å².